The quantitative estimate of drug-likeness (QED) is 0.577. The van der Waals surface area contributed by atoms with Gasteiger partial charge in [0.2, 0.25) is 6.41 Å². The number of benzene rings is 2. The van der Waals surface area contributed by atoms with Gasteiger partial charge in [0.25, 0.3) is 0 Å². The number of hydrogen-bond acceptors (Lipinski definition) is 5. The van der Waals surface area contributed by atoms with E-state index in [1.54, 1.807) is 30.9 Å². The second kappa shape index (κ2) is 9.18. The molecule has 0 saturated heterocycles. The summed E-state index contributed by atoms with van der Waals surface area (Å²) in [4.78, 5) is 24.4. The van der Waals surface area contributed by atoms with Crippen molar-refractivity contribution in [2.45, 2.75) is 44.3 Å². The van der Waals surface area contributed by atoms with Crippen molar-refractivity contribution in [1.29, 1.82) is 5.26 Å². The molecule has 3 aromatic rings. The first-order valence-electron chi connectivity index (χ1n) is 10.6. The summed E-state index contributed by atoms with van der Waals surface area (Å²) in [7, 11) is 3.16. The van der Waals surface area contributed by atoms with Crippen LogP contribution in [-0.4, -0.2) is 35.8 Å². The lowest BCUT2D eigenvalue weighted by Crippen LogP contribution is -2.35. The predicted molar refractivity (Wildman–Crippen MR) is 120 cm³/mol. The Morgan fingerprint density at radius 2 is 1.81 bits per heavy atom. The van der Waals surface area contributed by atoms with Crippen LogP contribution in [-0.2, 0) is 11.3 Å². The van der Waals surface area contributed by atoms with Crippen LogP contribution < -0.4 is 20.5 Å². The zero-order valence-electron chi connectivity index (χ0n) is 18.2. The van der Waals surface area contributed by atoms with Crippen molar-refractivity contribution in [1.82, 2.24) is 14.5 Å². The largest absolute Gasteiger partial charge is 0.493 e. The van der Waals surface area contributed by atoms with E-state index in [4.69, 9.17) is 9.47 Å². The number of nitriles is 1. The standard InChI is InChI=1S/C24H26N4O4/c1-31-22-10-4-17(12-23(22)32-2)14-27-21-11-16(13-25)3-9-20(21)28(24(27)30)19-7-5-18(6-8-19)26-15-29/h3-4,9-12,15,18-19H,5-8,14H2,1-2H3,(H,26,29). The summed E-state index contributed by atoms with van der Waals surface area (Å²) >= 11 is 0. The topological polar surface area (TPSA) is 98.3 Å². The Hall–Kier alpha value is -3.73. The third-order valence-corrected chi connectivity index (χ3v) is 6.25. The van der Waals surface area contributed by atoms with Crippen LogP contribution in [0.1, 0.15) is 42.9 Å². The van der Waals surface area contributed by atoms with Crippen LogP contribution >= 0.6 is 0 Å². The first-order valence-corrected chi connectivity index (χ1v) is 10.6. The molecule has 0 radical (unpaired) electrons. The molecule has 4 rings (SSSR count). The van der Waals surface area contributed by atoms with Gasteiger partial charge in [-0.15, -0.1) is 0 Å². The molecule has 1 aliphatic rings. The van der Waals surface area contributed by atoms with Crippen LogP contribution in [0.25, 0.3) is 11.0 Å². The minimum absolute atomic E-state index is 0.0503. The molecule has 2 aromatic carbocycles. The van der Waals surface area contributed by atoms with E-state index < -0.39 is 0 Å². The highest BCUT2D eigenvalue weighted by Crippen LogP contribution is 2.32. The number of nitrogens with zero attached hydrogens (tertiary/aromatic N) is 3. The minimum atomic E-state index is -0.100. The maximum atomic E-state index is 13.6. The molecule has 1 amide bonds. The molecule has 166 valence electrons. The van der Waals surface area contributed by atoms with E-state index in [9.17, 15) is 14.9 Å². The van der Waals surface area contributed by atoms with Crippen molar-refractivity contribution in [2.75, 3.05) is 14.2 Å². The molecular formula is C24H26N4O4. The number of nitrogens with one attached hydrogen (secondary N) is 1. The van der Waals surface area contributed by atoms with Crippen LogP contribution in [0.2, 0.25) is 0 Å². The fraction of sp³-hybridized carbons (Fsp3) is 0.375. The molecule has 1 heterocycles. The summed E-state index contributed by atoms with van der Waals surface area (Å²) in [6, 6.07) is 13.3. The Morgan fingerprint density at radius 1 is 1.06 bits per heavy atom. The van der Waals surface area contributed by atoms with Gasteiger partial charge in [-0.25, -0.2) is 4.79 Å². The summed E-state index contributed by atoms with van der Waals surface area (Å²) < 4.78 is 14.3. The van der Waals surface area contributed by atoms with E-state index in [2.05, 4.69) is 11.4 Å². The van der Waals surface area contributed by atoms with Gasteiger partial charge in [-0.1, -0.05) is 6.07 Å². The smallest absolute Gasteiger partial charge is 0.329 e. The van der Waals surface area contributed by atoms with Gasteiger partial charge < -0.3 is 14.8 Å². The van der Waals surface area contributed by atoms with Gasteiger partial charge in [-0.05, 0) is 61.6 Å². The molecule has 1 fully saturated rings. The van der Waals surface area contributed by atoms with Gasteiger partial charge in [0.15, 0.2) is 11.5 Å². The first kappa shape index (κ1) is 21.5. The van der Waals surface area contributed by atoms with E-state index >= 15 is 0 Å². The van der Waals surface area contributed by atoms with Crippen molar-refractivity contribution in [3.8, 4) is 17.6 Å². The van der Waals surface area contributed by atoms with Gasteiger partial charge in [0, 0.05) is 12.1 Å². The Kier molecular flexibility index (Phi) is 6.17. The van der Waals surface area contributed by atoms with Gasteiger partial charge >= 0.3 is 5.69 Å². The highest BCUT2D eigenvalue weighted by molar-refractivity contribution is 5.78. The highest BCUT2D eigenvalue weighted by atomic mass is 16.5. The number of aromatic nitrogens is 2. The average Bonchev–Trinajstić information content (AvgIpc) is 3.10. The first-order chi connectivity index (χ1) is 15.6. The van der Waals surface area contributed by atoms with E-state index in [1.165, 1.54) is 0 Å². The Labute approximate surface area is 186 Å². The molecule has 1 aromatic heterocycles. The van der Waals surface area contributed by atoms with Crippen molar-refractivity contribution >= 4 is 17.4 Å². The number of hydrogen-bond donors (Lipinski definition) is 1. The van der Waals surface area contributed by atoms with E-state index in [1.807, 2.05) is 28.8 Å². The van der Waals surface area contributed by atoms with Gasteiger partial charge in [-0.2, -0.15) is 5.26 Å². The summed E-state index contributed by atoms with van der Waals surface area (Å²) in [6.07, 6.45) is 4.01. The maximum absolute atomic E-state index is 13.6. The molecule has 1 N–H and O–H groups in total. The number of fused-ring (bicyclic) bond motifs is 1. The molecule has 0 unspecified atom stereocenters. The van der Waals surface area contributed by atoms with Crippen molar-refractivity contribution in [2.24, 2.45) is 0 Å². The SMILES string of the molecule is COc1ccc(Cn2c(=O)n(C3CCC(NC=O)CC3)c3ccc(C#N)cc32)cc1OC. The third kappa shape index (κ3) is 3.94. The molecule has 8 nitrogen and oxygen atoms in total. The number of methoxy groups -OCH3 is 2. The molecule has 1 aliphatic carbocycles. The fourth-order valence-electron chi connectivity index (χ4n) is 4.61. The van der Waals surface area contributed by atoms with E-state index in [-0.39, 0.29) is 17.8 Å². The number of rotatable bonds is 7. The van der Waals surface area contributed by atoms with Crippen molar-refractivity contribution < 1.29 is 14.3 Å². The van der Waals surface area contributed by atoms with Crippen LogP contribution in [0.5, 0.6) is 11.5 Å². The van der Waals surface area contributed by atoms with E-state index in [0.29, 0.717) is 23.6 Å². The number of ether oxygens (including phenoxy) is 2. The maximum Gasteiger partial charge on any atom is 0.329 e. The molecule has 0 atom stereocenters. The Bertz CT molecular complexity index is 1230. The monoisotopic (exact) mass is 434 g/mol. The normalized spacial score (nSPS) is 18.2. The third-order valence-electron chi connectivity index (χ3n) is 6.25. The number of imidazole rings is 1. The Morgan fingerprint density at radius 3 is 2.47 bits per heavy atom. The lowest BCUT2D eigenvalue weighted by Gasteiger charge is -2.28. The zero-order chi connectivity index (χ0) is 22.7. The molecular weight excluding hydrogens is 408 g/mol. The average molecular weight is 434 g/mol. The van der Waals surface area contributed by atoms with Crippen molar-refractivity contribution in [3.05, 3.63) is 58.0 Å². The van der Waals surface area contributed by atoms with E-state index in [0.717, 1.165) is 48.7 Å². The second-order valence-electron chi connectivity index (χ2n) is 8.03. The molecule has 0 spiro atoms. The van der Waals surface area contributed by atoms with Gasteiger partial charge in [0.05, 0.1) is 43.4 Å². The lowest BCUT2D eigenvalue weighted by molar-refractivity contribution is -0.110. The van der Waals surface area contributed by atoms with Gasteiger partial charge in [-0.3, -0.25) is 13.9 Å². The summed E-state index contributed by atoms with van der Waals surface area (Å²) in [5.41, 5.74) is 2.86. The summed E-state index contributed by atoms with van der Waals surface area (Å²) in [5, 5.41) is 12.2. The molecule has 1 saturated carbocycles. The minimum Gasteiger partial charge on any atom is -0.493 e. The van der Waals surface area contributed by atoms with Crippen LogP contribution in [0.15, 0.2) is 41.2 Å². The van der Waals surface area contributed by atoms with Crippen LogP contribution in [0, 0.1) is 11.3 Å². The van der Waals surface area contributed by atoms with Crippen molar-refractivity contribution in [3.63, 3.8) is 0 Å². The number of carbonyl (C=O) groups excluding carboxylic acids is 1. The highest BCUT2D eigenvalue weighted by Gasteiger charge is 2.26. The molecule has 0 aliphatic heterocycles. The summed E-state index contributed by atoms with van der Waals surface area (Å²) in [5.74, 6) is 1.22. The van der Waals surface area contributed by atoms with Crippen LogP contribution in [0.4, 0.5) is 0 Å². The number of carbonyl (C=O) groups is 1. The number of amides is 1. The second-order valence-corrected chi connectivity index (χ2v) is 8.03. The summed E-state index contributed by atoms with van der Waals surface area (Å²) in [6.45, 7) is 0.347. The fourth-order valence-corrected chi connectivity index (χ4v) is 4.61. The molecule has 8 heteroatoms. The molecule has 32 heavy (non-hydrogen) atoms. The van der Waals surface area contributed by atoms with Gasteiger partial charge in [0.1, 0.15) is 0 Å². The van der Waals surface area contributed by atoms with Crippen LogP contribution in [0.3, 0.4) is 0 Å². The molecule has 0 bridgehead atoms. The predicted octanol–water partition coefficient (Wildman–Crippen LogP) is 2.97. The zero-order valence-corrected chi connectivity index (χ0v) is 18.2. The Balaban J connectivity index is 1.76. The lowest BCUT2D eigenvalue weighted by atomic mass is 9.91.